The van der Waals surface area contributed by atoms with Gasteiger partial charge in [-0.1, -0.05) is 11.3 Å². The molecule has 0 aliphatic heterocycles. The molecule has 0 aromatic carbocycles. The minimum Gasteiger partial charge on any atom is -0.360 e. The molecule has 0 fully saturated rings. The Kier molecular flexibility index (Phi) is 3.87. The zero-order valence-electron chi connectivity index (χ0n) is 7.02. The van der Waals surface area contributed by atoms with Gasteiger partial charge in [-0.3, -0.25) is 5.10 Å². The highest BCUT2D eigenvalue weighted by Gasteiger charge is 2.25. The highest BCUT2D eigenvalue weighted by atomic mass is 32.1. The molecule has 80 valence electrons. The zero-order chi connectivity index (χ0) is 10.6. The summed E-state index contributed by atoms with van der Waals surface area (Å²) in [5, 5.41) is 9.54. The van der Waals surface area contributed by atoms with Crippen LogP contribution in [0, 0.1) is 3.95 Å². The number of hydrogen-bond acceptors (Lipinski definition) is 4. The van der Waals surface area contributed by atoms with Crippen molar-refractivity contribution in [2.45, 2.75) is 19.0 Å². The largest absolute Gasteiger partial charge is 0.389 e. The number of aromatic nitrogens is 2. The lowest BCUT2D eigenvalue weighted by Crippen LogP contribution is -2.10. The summed E-state index contributed by atoms with van der Waals surface area (Å²) < 4.78 is 35.7. The zero-order valence-corrected chi connectivity index (χ0v) is 8.65. The van der Waals surface area contributed by atoms with E-state index in [0.717, 1.165) is 0 Å². The van der Waals surface area contributed by atoms with Crippen LogP contribution in [0.1, 0.15) is 12.8 Å². The van der Waals surface area contributed by atoms with E-state index < -0.39 is 12.6 Å². The van der Waals surface area contributed by atoms with E-state index in [1.165, 1.54) is 11.3 Å². The van der Waals surface area contributed by atoms with Gasteiger partial charge >= 0.3 is 6.18 Å². The van der Waals surface area contributed by atoms with Crippen LogP contribution in [0.15, 0.2) is 0 Å². The Morgan fingerprint density at radius 2 is 2.21 bits per heavy atom. The van der Waals surface area contributed by atoms with Crippen LogP contribution in [0.2, 0.25) is 0 Å². The van der Waals surface area contributed by atoms with Crippen LogP contribution in [0.5, 0.6) is 0 Å². The van der Waals surface area contributed by atoms with Crippen molar-refractivity contribution in [3.63, 3.8) is 0 Å². The number of alkyl halides is 3. The second-order valence-corrected chi connectivity index (χ2v) is 4.23. The van der Waals surface area contributed by atoms with Crippen molar-refractivity contribution in [3.8, 4) is 0 Å². The van der Waals surface area contributed by atoms with Crippen LogP contribution in [0.25, 0.3) is 0 Å². The van der Waals surface area contributed by atoms with Gasteiger partial charge in [-0.25, -0.2) is 0 Å². The number of hydrogen-bond donors (Lipinski definition) is 2. The van der Waals surface area contributed by atoms with Gasteiger partial charge in [0.2, 0.25) is 5.13 Å². The fraction of sp³-hybridized carbons (Fsp3) is 0.667. The molecule has 0 saturated carbocycles. The first kappa shape index (κ1) is 11.4. The SMILES string of the molecule is FC(F)(F)CCCNc1n[nH]c(=S)s1. The predicted octanol–water partition coefficient (Wildman–Crippen LogP) is 2.96. The molecule has 0 bridgehead atoms. The molecule has 0 unspecified atom stereocenters. The summed E-state index contributed by atoms with van der Waals surface area (Å²) in [4.78, 5) is 0. The quantitative estimate of drug-likeness (QED) is 0.631. The van der Waals surface area contributed by atoms with Crippen molar-refractivity contribution in [2.24, 2.45) is 0 Å². The maximum absolute atomic E-state index is 11.7. The van der Waals surface area contributed by atoms with Gasteiger partial charge in [0.1, 0.15) is 0 Å². The van der Waals surface area contributed by atoms with Crippen molar-refractivity contribution in [1.82, 2.24) is 10.2 Å². The Morgan fingerprint density at radius 3 is 2.71 bits per heavy atom. The van der Waals surface area contributed by atoms with Crippen molar-refractivity contribution in [1.29, 1.82) is 0 Å². The fourth-order valence-corrected chi connectivity index (χ4v) is 1.60. The van der Waals surface area contributed by atoms with E-state index in [4.69, 9.17) is 12.2 Å². The molecule has 0 amide bonds. The summed E-state index contributed by atoms with van der Waals surface area (Å²) in [6.07, 6.45) is -4.83. The van der Waals surface area contributed by atoms with Gasteiger partial charge in [-0.2, -0.15) is 13.2 Å². The number of H-pyrrole nitrogens is 1. The second-order valence-electron chi connectivity index (χ2n) is 2.56. The Balaban J connectivity index is 2.19. The highest BCUT2D eigenvalue weighted by molar-refractivity contribution is 7.73. The van der Waals surface area contributed by atoms with E-state index in [1.807, 2.05) is 0 Å². The van der Waals surface area contributed by atoms with Crippen LogP contribution in [-0.2, 0) is 0 Å². The van der Waals surface area contributed by atoms with Gasteiger partial charge in [-0.05, 0) is 18.6 Å². The number of aromatic amines is 1. The first-order valence-electron chi connectivity index (χ1n) is 3.83. The Hall–Kier alpha value is -0.630. The molecule has 0 spiro atoms. The first-order chi connectivity index (χ1) is 6.47. The van der Waals surface area contributed by atoms with Crippen LogP contribution in [0.3, 0.4) is 0 Å². The molecule has 8 heteroatoms. The third-order valence-electron chi connectivity index (χ3n) is 1.35. The van der Waals surface area contributed by atoms with Gasteiger partial charge in [0.25, 0.3) is 0 Å². The van der Waals surface area contributed by atoms with Gasteiger partial charge < -0.3 is 5.32 Å². The number of halogens is 3. The molecule has 1 aromatic heterocycles. The Bertz CT molecular complexity index is 330. The lowest BCUT2D eigenvalue weighted by molar-refractivity contribution is -0.134. The van der Waals surface area contributed by atoms with Crippen molar-refractivity contribution in [3.05, 3.63) is 3.95 Å². The minimum absolute atomic E-state index is 0.0375. The molecule has 0 aliphatic rings. The molecular weight excluding hydrogens is 235 g/mol. The third kappa shape index (κ3) is 4.56. The summed E-state index contributed by atoms with van der Waals surface area (Å²) >= 11 is 5.95. The van der Waals surface area contributed by atoms with E-state index in [9.17, 15) is 13.2 Å². The van der Waals surface area contributed by atoms with E-state index in [-0.39, 0.29) is 13.0 Å². The summed E-state index contributed by atoms with van der Waals surface area (Å²) in [6.45, 7) is 0.246. The van der Waals surface area contributed by atoms with Crippen molar-refractivity contribution in [2.75, 3.05) is 11.9 Å². The fourth-order valence-electron chi connectivity index (χ4n) is 0.790. The Morgan fingerprint density at radius 1 is 1.50 bits per heavy atom. The van der Waals surface area contributed by atoms with Crippen molar-refractivity contribution < 1.29 is 13.2 Å². The number of nitrogens with zero attached hydrogens (tertiary/aromatic N) is 1. The molecule has 0 radical (unpaired) electrons. The summed E-state index contributed by atoms with van der Waals surface area (Å²) in [7, 11) is 0. The van der Waals surface area contributed by atoms with E-state index in [0.29, 0.717) is 9.09 Å². The molecular formula is C6H8F3N3S2. The second kappa shape index (κ2) is 4.74. The molecule has 0 atom stereocenters. The lowest BCUT2D eigenvalue weighted by Gasteiger charge is -2.05. The standard InChI is InChI=1S/C6H8F3N3S2/c7-6(8,9)2-1-3-10-4-11-12-5(13)14-4/h1-3H2,(H,10,11)(H,12,13). The van der Waals surface area contributed by atoms with Crippen LogP contribution in [0.4, 0.5) is 18.3 Å². The summed E-state index contributed by atoms with van der Waals surface area (Å²) in [5.74, 6) is 0. The normalized spacial score (nSPS) is 11.6. The monoisotopic (exact) mass is 243 g/mol. The van der Waals surface area contributed by atoms with Gasteiger partial charge in [-0.15, -0.1) is 5.10 Å². The lowest BCUT2D eigenvalue weighted by atomic mass is 10.3. The van der Waals surface area contributed by atoms with Crippen LogP contribution >= 0.6 is 23.6 Å². The van der Waals surface area contributed by atoms with Crippen LogP contribution < -0.4 is 5.32 Å². The average Bonchev–Trinajstić information content (AvgIpc) is 2.44. The molecule has 3 nitrogen and oxygen atoms in total. The van der Waals surface area contributed by atoms with E-state index >= 15 is 0 Å². The van der Waals surface area contributed by atoms with Gasteiger partial charge in [0.15, 0.2) is 3.95 Å². The highest BCUT2D eigenvalue weighted by Crippen LogP contribution is 2.21. The van der Waals surface area contributed by atoms with E-state index in [1.54, 1.807) is 0 Å². The van der Waals surface area contributed by atoms with E-state index in [2.05, 4.69) is 15.5 Å². The molecule has 0 saturated heterocycles. The molecule has 14 heavy (non-hydrogen) atoms. The average molecular weight is 243 g/mol. The first-order valence-corrected chi connectivity index (χ1v) is 5.06. The third-order valence-corrected chi connectivity index (χ3v) is 2.40. The van der Waals surface area contributed by atoms with Gasteiger partial charge in [0.05, 0.1) is 0 Å². The predicted molar refractivity (Wildman–Crippen MR) is 51.1 cm³/mol. The molecule has 0 aliphatic carbocycles. The number of rotatable bonds is 4. The molecule has 2 N–H and O–H groups in total. The molecule has 1 aromatic rings. The maximum Gasteiger partial charge on any atom is 0.389 e. The summed E-state index contributed by atoms with van der Waals surface area (Å²) in [5.41, 5.74) is 0. The smallest absolute Gasteiger partial charge is 0.360 e. The van der Waals surface area contributed by atoms with Crippen molar-refractivity contribution >= 4 is 28.7 Å². The number of nitrogens with one attached hydrogen (secondary N) is 2. The van der Waals surface area contributed by atoms with Gasteiger partial charge in [0, 0.05) is 13.0 Å². The molecule has 1 rings (SSSR count). The summed E-state index contributed by atoms with van der Waals surface area (Å²) in [6, 6.07) is 0. The Labute approximate surface area is 87.3 Å². The maximum atomic E-state index is 11.7. The number of anilines is 1. The topological polar surface area (TPSA) is 40.7 Å². The molecule has 1 heterocycles. The van der Waals surface area contributed by atoms with Crippen LogP contribution in [-0.4, -0.2) is 22.9 Å². The minimum atomic E-state index is -4.08.